The van der Waals surface area contributed by atoms with Gasteiger partial charge in [0, 0.05) is 24.0 Å². The number of pyridine rings is 1. The summed E-state index contributed by atoms with van der Waals surface area (Å²) in [7, 11) is 1.93. The first-order valence-corrected chi connectivity index (χ1v) is 4.92. The smallest absolute Gasteiger partial charge is 0.115 e. The molecule has 0 spiro atoms. The first-order chi connectivity index (χ1) is 7.33. The second-order valence-corrected chi connectivity index (χ2v) is 3.42. The molecular weight excluding hydrogens is 188 g/mol. The molecule has 78 valence electrons. The van der Waals surface area contributed by atoms with Crippen LogP contribution in [-0.2, 0) is 6.54 Å². The molecule has 0 atom stereocenters. The minimum atomic E-state index is 0.800. The summed E-state index contributed by atoms with van der Waals surface area (Å²) in [5.74, 6) is 0. The Labute approximate surface area is 88.8 Å². The van der Waals surface area contributed by atoms with Crippen LogP contribution < -0.4 is 5.32 Å². The van der Waals surface area contributed by atoms with Crippen molar-refractivity contribution < 1.29 is 0 Å². The van der Waals surface area contributed by atoms with E-state index in [0.29, 0.717) is 0 Å². The average molecular weight is 202 g/mol. The molecule has 0 aliphatic carbocycles. The van der Waals surface area contributed by atoms with Crippen molar-refractivity contribution in [1.29, 1.82) is 0 Å². The zero-order valence-electron chi connectivity index (χ0n) is 8.91. The van der Waals surface area contributed by atoms with Crippen molar-refractivity contribution in [2.24, 2.45) is 0 Å². The van der Waals surface area contributed by atoms with Gasteiger partial charge in [-0.25, -0.2) is 0 Å². The van der Waals surface area contributed by atoms with Crippen LogP contribution >= 0.6 is 0 Å². The lowest BCUT2D eigenvalue weighted by Crippen LogP contribution is -2.06. The molecule has 0 saturated heterocycles. The molecule has 2 aromatic heterocycles. The van der Waals surface area contributed by atoms with Gasteiger partial charge in [0.15, 0.2) is 0 Å². The zero-order valence-corrected chi connectivity index (χ0v) is 8.91. The Morgan fingerprint density at radius 2 is 2.27 bits per heavy atom. The molecule has 15 heavy (non-hydrogen) atoms. The Kier molecular flexibility index (Phi) is 2.78. The molecule has 0 bridgehead atoms. The molecule has 0 amide bonds. The Morgan fingerprint density at radius 1 is 1.40 bits per heavy atom. The van der Waals surface area contributed by atoms with E-state index in [4.69, 9.17) is 0 Å². The van der Waals surface area contributed by atoms with E-state index in [2.05, 4.69) is 20.5 Å². The lowest BCUT2D eigenvalue weighted by molar-refractivity contribution is 0.813. The van der Waals surface area contributed by atoms with Gasteiger partial charge in [0.25, 0.3) is 0 Å². The minimum absolute atomic E-state index is 0.800. The van der Waals surface area contributed by atoms with Gasteiger partial charge >= 0.3 is 0 Å². The lowest BCUT2D eigenvalue weighted by Gasteiger charge is -2.01. The van der Waals surface area contributed by atoms with Gasteiger partial charge in [0.05, 0.1) is 5.69 Å². The van der Waals surface area contributed by atoms with Crippen LogP contribution in [0, 0.1) is 6.92 Å². The number of hydrogen-bond acceptors (Lipinski definition) is 3. The zero-order chi connectivity index (χ0) is 10.7. The number of hydrogen-bond donors (Lipinski definition) is 2. The van der Waals surface area contributed by atoms with Crippen LogP contribution in [-0.4, -0.2) is 22.2 Å². The quantitative estimate of drug-likeness (QED) is 0.793. The van der Waals surface area contributed by atoms with Crippen LogP contribution in [0.2, 0.25) is 0 Å². The van der Waals surface area contributed by atoms with Gasteiger partial charge in [-0.2, -0.15) is 5.10 Å². The Hall–Kier alpha value is -1.68. The summed E-state index contributed by atoms with van der Waals surface area (Å²) >= 11 is 0. The number of aromatic nitrogens is 3. The first-order valence-electron chi connectivity index (χ1n) is 4.92. The molecule has 2 aromatic rings. The number of nitrogens with one attached hydrogen (secondary N) is 2. The number of aryl methyl sites for hydroxylation is 1. The summed E-state index contributed by atoms with van der Waals surface area (Å²) < 4.78 is 0. The summed E-state index contributed by atoms with van der Waals surface area (Å²) in [5.41, 5.74) is 4.11. The third-order valence-electron chi connectivity index (χ3n) is 2.33. The summed E-state index contributed by atoms with van der Waals surface area (Å²) in [5, 5.41) is 10.4. The van der Waals surface area contributed by atoms with Gasteiger partial charge in [-0.15, -0.1) is 0 Å². The van der Waals surface area contributed by atoms with Gasteiger partial charge in [0.1, 0.15) is 5.69 Å². The van der Waals surface area contributed by atoms with E-state index in [0.717, 1.165) is 23.6 Å². The molecule has 0 radical (unpaired) electrons. The third-order valence-corrected chi connectivity index (χ3v) is 2.33. The predicted octanol–water partition coefficient (Wildman–Crippen LogP) is 1.50. The summed E-state index contributed by atoms with van der Waals surface area (Å²) in [4.78, 5) is 4.29. The van der Waals surface area contributed by atoms with Gasteiger partial charge < -0.3 is 5.32 Å². The lowest BCUT2D eigenvalue weighted by atomic mass is 10.1. The van der Waals surface area contributed by atoms with E-state index >= 15 is 0 Å². The molecule has 4 heteroatoms. The first kappa shape index (κ1) is 9.86. The molecule has 2 heterocycles. The Bertz CT molecular complexity index is 433. The highest BCUT2D eigenvalue weighted by Crippen LogP contribution is 2.20. The van der Waals surface area contributed by atoms with Gasteiger partial charge in [-0.05, 0) is 26.1 Å². The predicted molar refractivity (Wildman–Crippen MR) is 59.3 cm³/mol. The van der Waals surface area contributed by atoms with Crippen molar-refractivity contribution in [1.82, 2.24) is 20.5 Å². The summed E-state index contributed by atoms with van der Waals surface area (Å²) in [6.07, 6.45) is 1.78. The highest BCUT2D eigenvalue weighted by molar-refractivity contribution is 5.59. The fraction of sp³-hybridized carbons (Fsp3) is 0.273. The molecule has 2 N–H and O–H groups in total. The van der Waals surface area contributed by atoms with Crippen LogP contribution in [0.1, 0.15) is 11.3 Å². The van der Waals surface area contributed by atoms with E-state index in [1.54, 1.807) is 6.20 Å². The molecular formula is C11H14N4. The van der Waals surface area contributed by atoms with Crippen LogP contribution in [0.4, 0.5) is 0 Å². The van der Waals surface area contributed by atoms with E-state index in [9.17, 15) is 0 Å². The van der Waals surface area contributed by atoms with Crippen LogP contribution in [0.15, 0.2) is 24.4 Å². The molecule has 0 fully saturated rings. The third kappa shape index (κ3) is 1.89. The number of rotatable bonds is 3. The number of aromatic amines is 1. The molecule has 0 aliphatic rings. The van der Waals surface area contributed by atoms with Crippen LogP contribution in [0.3, 0.4) is 0 Å². The monoisotopic (exact) mass is 202 g/mol. The number of H-pyrrole nitrogens is 1. The van der Waals surface area contributed by atoms with Crippen molar-refractivity contribution in [3.8, 4) is 11.4 Å². The topological polar surface area (TPSA) is 53.6 Å². The van der Waals surface area contributed by atoms with Crippen LogP contribution in [0.5, 0.6) is 0 Å². The normalized spacial score (nSPS) is 10.5. The van der Waals surface area contributed by atoms with Gasteiger partial charge in [0.2, 0.25) is 0 Å². The fourth-order valence-corrected chi connectivity index (χ4v) is 1.56. The van der Waals surface area contributed by atoms with Gasteiger partial charge in [-0.1, -0.05) is 6.07 Å². The highest BCUT2D eigenvalue weighted by Gasteiger charge is 2.11. The maximum Gasteiger partial charge on any atom is 0.115 e. The van der Waals surface area contributed by atoms with E-state index in [1.807, 2.05) is 32.2 Å². The fourth-order valence-electron chi connectivity index (χ4n) is 1.56. The van der Waals surface area contributed by atoms with Crippen molar-refractivity contribution in [3.05, 3.63) is 35.7 Å². The standard InChI is InChI=1S/C11H14N4/c1-8-9(7-12-2)11(15-14-8)10-5-3-4-6-13-10/h3-6,12H,7H2,1-2H3,(H,14,15). The van der Waals surface area contributed by atoms with Crippen LogP contribution in [0.25, 0.3) is 11.4 Å². The second kappa shape index (κ2) is 4.23. The molecule has 4 nitrogen and oxygen atoms in total. The summed E-state index contributed by atoms with van der Waals surface area (Å²) in [6.45, 7) is 2.82. The SMILES string of the molecule is CNCc1c(-c2ccccn2)n[nH]c1C. The van der Waals surface area contributed by atoms with Crippen molar-refractivity contribution >= 4 is 0 Å². The molecule has 0 unspecified atom stereocenters. The maximum atomic E-state index is 4.29. The van der Waals surface area contributed by atoms with Crippen molar-refractivity contribution in [2.75, 3.05) is 7.05 Å². The maximum absolute atomic E-state index is 4.29. The summed E-state index contributed by atoms with van der Waals surface area (Å²) in [6, 6.07) is 5.84. The minimum Gasteiger partial charge on any atom is -0.316 e. The van der Waals surface area contributed by atoms with E-state index < -0.39 is 0 Å². The van der Waals surface area contributed by atoms with E-state index in [1.165, 1.54) is 5.56 Å². The largest absolute Gasteiger partial charge is 0.316 e. The Balaban J connectivity index is 2.44. The molecule has 0 aromatic carbocycles. The molecule has 2 rings (SSSR count). The Morgan fingerprint density at radius 3 is 2.93 bits per heavy atom. The number of nitrogens with zero attached hydrogens (tertiary/aromatic N) is 2. The highest BCUT2D eigenvalue weighted by atomic mass is 15.1. The van der Waals surface area contributed by atoms with E-state index in [-0.39, 0.29) is 0 Å². The average Bonchev–Trinajstić information content (AvgIpc) is 2.63. The molecule has 0 saturated carbocycles. The van der Waals surface area contributed by atoms with Gasteiger partial charge in [-0.3, -0.25) is 10.1 Å². The molecule has 0 aliphatic heterocycles. The van der Waals surface area contributed by atoms with Crippen molar-refractivity contribution in [3.63, 3.8) is 0 Å². The second-order valence-electron chi connectivity index (χ2n) is 3.42. The van der Waals surface area contributed by atoms with Crippen molar-refractivity contribution in [2.45, 2.75) is 13.5 Å².